The summed E-state index contributed by atoms with van der Waals surface area (Å²) in [6.45, 7) is 0. The van der Waals surface area contributed by atoms with E-state index in [1.807, 2.05) is 5.38 Å². The maximum atomic E-state index is 11.6. The second-order valence-electron chi connectivity index (χ2n) is 3.68. The molecule has 0 unspecified atom stereocenters. The number of rotatable bonds is 3. The zero-order chi connectivity index (χ0) is 11.0. The molecule has 16 heavy (non-hydrogen) atoms. The monoisotopic (exact) mass is 235 g/mol. The SMILES string of the molecule is O=C(Nc1nc(C2CC2)cs1)c1ccno1. The molecule has 1 aliphatic carbocycles. The Morgan fingerprint density at radius 1 is 1.56 bits per heavy atom. The predicted octanol–water partition coefficient (Wildman–Crippen LogP) is 2.26. The van der Waals surface area contributed by atoms with Crippen LogP contribution in [0.15, 0.2) is 22.2 Å². The predicted molar refractivity (Wildman–Crippen MR) is 58.5 cm³/mol. The molecule has 1 N–H and O–H groups in total. The van der Waals surface area contributed by atoms with Crippen molar-refractivity contribution in [3.05, 3.63) is 29.1 Å². The average Bonchev–Trinajstić information content (AvgIpc) is 2.82. The van der Waals surface area contributed by atoms with Gasteiger partial charge in [0.25, 0.3) is 5.91 Å². The molecule has 3 rings (SSSR count). The Bertz CT molecular complexity index is 502. The molecule has 1 amide bonds. The summed E-state index contributed by atoms with van der Waals surface area (Å²) in [6, 6.07) is 1.52. The van der Waals surface area contributed by atoms with Crippen molar-refractivity contribution in [3.8, 4) is 0 Å². The summed E-state index contributed by atoms with van der Waals surface area (Å²) in [5, 5.41) is 8.77. The van der Waals surface area contributed by atoms with Crippen molar-refractivity contribution in [3.63, 3.8) is 0 Å². The average molecular weight is 235 g/mol. The molecular formula is C10H9N3O2S. The minimum Gasteiger partial charge on any atom is -0.351 e. The molecule has 2 aromatic rings. The van der Waals surface area contributed by atoms with Gasteiger partial charge >= 0.3 is 0 Å². The molecule has 0 aromatic carbocycles. The second-order valence-corrected chi connectivity index (χ2v) is 4.54. The fraction of sp³-hybridized carbons (Fsp3) is 0.300. The van der Waals surface area contributed by atoms with Crippen LogP contribution in [0.4, 0.5) is 5.13 Å². The molecule has 1 fully saturated rings. The first-order chi connectivity index (χ1) is 7.83. The van der Waals surface area contributed by atoms with Gasteiger partial charge in [-0.15, -0.1) is 11.3 Å². The van der Waals surface area contributed by atoms with Gasteiger partial charge in [0.15, 0.2) is 5.13 Å². The molecule has 2 heterocycles. The molecule has 1 aliphatic rings. The number of hydrogen-bond acceptors (Lipinski definition) is 5. The molecular weight excluding hydrogens is 226 g/mol. The minimum absolute atomic E-state index is 0.197. The van der Waals surface area contributed by atoms with Crippen LogP contribution in [0.5, 0.6) is 0 Å². The normalized spacial score (nSPS) is 15.0. The third-order valence-electron chi connectivity index (χ3n) is 2.40. The van der Waals surface area contributed by atoms with E-state index >= 15 is 0 Å². The lowest BCUT2D eigenvalue weighted by molar-refractivity contribution is 0.0988. The van der Waals surface area contributed by atoms with Gasteiger partial charge in [0.1, 0.15) is 0 Å². The smallest absolute Gasteiger partial charge is 0.296 e. The third kappa shape index (κ3) is 1.83. The summed E-state index contributed by atoms with van der Waals surface area (Å²) in [7, 11) is 0. The van der Waals surface area contributed by atoms with Crippen LogP contribution in [-0.2, 0) is 0 Å². The second kappa shape index (κ2) is 3.71. The number of hydrogen-bond donors (Lipinski definition) is 1. The maximum Gasteiger partial charge on any atom is 0.296 e. The van der Waals surface area contributed by atoms with Crippen LogP contribution in [0.3, 0.4) is 0 Å². The number of nitrogens with one attached hydrogen (secondary N) is 1. The Morgan fingerprint density at radius 3 is 3.12 bits per heavy atom. The fourth-order valence-electron chi connectivity index (χ4n) is 1.40. The Labute approximate surface area is 95.5 Å². The van der Waals surface area contributed by atoms with E-state index in [2.05, 4.69) is 15.5 Å². The van der Waals surface area contributed by atoms with Crippen molar-refractivity contribution in [2.45, 2.75) is 18.8 Å². The van der Waals surface area contributed by atoms with E-state index in [1.165, 1.54) is 36.4 Å². The summed E-state index contributed by atoms with van der Waals surface area (Å²) in [4.78, 5) is 15.9. The number of carbonyl (C=O) groups excluding carboxylic acids is 1. The van der Waals surface area contributed by atoms with E-state index < -0.39 is 0 Å². The summed E-state index contributed by atoms with van der Waals surface area (Å²) in [6.07, 6.45) is 3.85. The Hall–Kier alpha value is -1.69. The van der Waals surface area contributed by atoms with Gasteiger partial charge in [0.2, 0.25) is 5.76 Å². The van der Waals surface area contributed by atoms with Crippen LogP contribution in [0.2, 0.25) is 0 Å². The lowest BCUT2D eigenvalue weighted by Gasteiger charge is -1.95. The van der Waals surface area contributed by atoms with Crippen LogP contribution >= 0.6 is 11.3 Å². The Balaban J connectivity index is 1.71. The lowest BCUT2D eigenvalue weighted by atomic mass is 10.3. The van der Waals surface area contributed by atoms with Gasteiger partial charge in [0, 0.05) is 17.4 Å². The van der Waals surface area contributed by atoms with Crippen molar-refractivity contribution in [1.29, 1.82) is 0 Å². The maximum absolute atomic E-state index is 11.6. The highest BCUT2D eigenvalue weighted by Gasteiger charge is 2.26. The lowest BCUT2D eigenvalue weighted by Crippen LogP contribution is -2.10. The van der Waals surface area contributed by atoms with Gasteiger partial charge in [-0.2, -0.15) is 0 Å². The quantitative estimate of drug-likeness (QED) is 0.886. The molecule has 0 radical (unpaired) electrons. The highest BCUT2D eigenvalue weighted by Crippen LogP contribution is 2.40. The van der Waals surface area contributed by atoms with E-state index in [0.717, 1.165) is 5.69 Å². The van der Waals surface area contributed by atoms with E-state index in [-0.39, 0.29) is 11.7 Å². The largest absolute Gasteiger partial charge is 0.351 e. The number of nitrogens with zero attached hydrogens (tertiary/aromatic N) is 2. The number of thiazole rings is 1. The van der Waals surface area contributed by atoms with Crippen LogP contribution in [-0.4, -0.2) is 16.0 Å². The first-order valence-electron chi connectivity index (χ1n) is 5.00. The van der Waals surface area contributed by atoms with Gasteiger partial charge < -0.3 is 4.52 Å². The molecule has 6 heteroatoms. The topological polar surface area (TPSA) is 68.0 Å². The van der Waals surface area contributed by atoms with Crippen molar-refractivity contribution < 1.29 is 9.32 Å². The summed E-state index contributed by atoms with van der Waals surface area (Å²) in [5.41, 5.74) is 1.08. The Morgan fingerprint density at radius 2 is 2.44 bits per heavy atom. The molecule has 0 bridgehead atoms. The summed E-state index contributed by atoms with van der Waals surface area (Å²) in [5.74, 6) is 0.490. The van der Waals surface area contributed by atoms with E-state index in [0.29, 0.717) is 11.0 Å². The molecule has 2 aromatic heterocycles. The molecule has 0 aliphatic heterocycles. The van der Waals surface area contributed by atoms with E-state index in [1.54, 1.807) is 0 Å². The van der Waals surface area contributed by atoms with Crippen LogP contribution in [0.25, 0.3) is 0 Å². The Kier molecular flexibility index (Phi) is 2.21. The van der Waals surface area contributed by atoms with Gasteiger partial charge in [-0.25, -0.2) is 4.98 Å². The first kappa shape index (κ1) is 9.53. The molecule has 0 spiro atoms. The zero-order valence-electron chi connectivity index (χ0n) is 8.34. The standard InChI is InChI=1S/C10H9N3O2S/c14-9(8-3-4-11-15-8)13-10-12-7(5-16-10)6-1-2-6/h3-6H,1-2H2,(H,12,13,14). The van der Waals surface area contributed by atoms with Crippen molar-refractivity contribution >= 4 is 22.4 Å². The summed E-state index contributed by atoms with van der Waals surface area (Å²) < 4.78 is 4.75. The minimum atomic E-state index is -0.311. The number of aromatic nitrogens is 2. The molecule has 1 saturated carbocycles. The first-order valence-corrected chi connectivity index (χ1v) is 5.88. The number of anilines is 1. The van der Waals surface area contributed by atoms with Gasteiger partial charge in [0.05, 0.1) is 11.9 Å². The highest BCUT2D eigenvalue weighted by atomic mass is 32.1. The van der Waals surface area contributed by atoms with E-state index in [4.69, 9.17) is 4.52 Å². The van der Waals surface area contributed by atoms with Crippen molar-refractivity contribution in [2.75, 3.05) is 5.32 Å². The molecule has 82 valence electrons. The molecule has 0 saturated heterocycles. The van der Waals surface area contributed by atoms with Crippen molar-refractivity contribution in [1.82, 2.24) is 10.1 Å². The van der Waals surface area contributed by atoms with Crippen LogP contribution in [0, 0.1) is 0 Å². The molecule has 5 nitrogen and oxygen atoms in total. The summed E-state index contributed by atoms with van der Waals surface area (Å²) >= 11 is 1.44. The highest BCUT2D eigenvalue weighted by molar-refractivity contribution is 7.14. The zero-order valence-corrected chi connectivity index (χ0v) is 9.16. The van der Waals surface area contributed by atoms with Crippen molar-refractivity contribution in [2.24, 2.45) is 0 Å². The van der Waals surface area contributed by atoms with Gasteiger partial charge in [-0.1, -0.05) is 5.16 Å². The number of amides is 1. The van der Waals surface area contributed by atoms with Crippen LogP contribution in [0.1, 0.15) is 35.0 Å². The fourth-order valence-corrected chi connectivity index (χ4v) is 2.19. The third-order valence-corrected chi connectivity index (χ3v) is 3.18. The van der Waals surface area contributed by atoms with E-state index in [9.17, 15) is 4.79 Å². The number of carbonyl (C=O) groups is 1. The van der Waals surface area contributed by atoms with Crippen LogP contribution < -0.4 is 5.32 Å². The molecule has 0 atom stereocenters. The van der Waals surface area contributed by atoms with Gasteiger partial charge in [-0.3, -0.25) is 10.1 Å². The van der Waals surface area contributed by atoms with Gasteiger partial charge in [-0.05, 0) is 12.8 Å².